The van der Waals surface area contributed by atoms with Gasteiger partial charge in [0.25, 0.3) is 0 Å². The number of hydrogen-bond donors (Lipinski definition) is 7. The lowest BCUT2D eigenvalue weighted by Gasteiger charge is -2.39. The average Bonchev–Trinajstić information content (AvgIpc) is 2.80. The van der Waals surface area contributed by atoms with Gasteiger partial charge in [0.1, 0.15) is 58.9 Å². The van der Waals surface area contributed by atoms with Gasteiger partial charge in [-0.2, -0.15) is 0 Å². The molecular formula is C22H20O12. The van der Waals surface area contributed by atoms with Gasteiger partial charge in [0.2, 0.25) is 11.7 Å². The molecule has 7 N–H and O–H groups in total. The van der Waals surface area contributed by atoms with Crippen LogP contribution in [-0.4, -0.2) is 79.0 Å². The highest BCUT2D eigenvalue weighted by molar-refractivity contribution is 6.06. The minimum absolute atomic E-state index is 0.0123. The van der Waals surface area contributed by atoms with E-state index < -0.39 is 76.7 Å². The van der Waals surface area contributed by atoms with Crippen LogP contribution in [0, 0.1) is 0 Å². The number of aliphatic hydroxyl groups excluding tert-OH is 4. The minimum Gasteiger partial charge on any atom is -0.508 e. The molecule has 0 saturated carbocycles. The maximum Gasteiger partial charge on any atom is 0.348 e. The number of carbonyl (C=O) groups excluding carboxylic acids is 1. The first-order chi connectivity index (χ1) is 16.1. The van der Waals surface area contributed by atoms with Crippen LogP contribution < -0.4 is 5.43 Å². The summed E-state index contributed by atoms with van der Waals surface area (Å²) < 4.78 is 15.5. The van der Waals surface area contributed by atoms with E-state index in [1.807, 2.05) is 0 Å². The monoisotopic (exact) mass is 476 g/mol. The number of rotatable bonds is 4. The van der Waals surface area contributed by atoms with Crippen molar-refractivity contribution in [1.29, 1.82) is 0 Å². The van der Waals surface area contributed by atoms with E-state index >= 15 is 0 Å². The summed E-state index contributed by atoms with van der Waals surface area (Å²) in [6, 6.07) is 6.25. The van der Waals surface area contributed by atoms with Gasteiger partial charge in [-0.15, -0.1) is 0 Å². The molecule has 2 heterocycles. The highest BCUT2D eigenvalue weighted by Gasteiger charge is 2.45. The third-order valence-corrected chi connectivity index (χ3v) is 5.46. The van der Waals surface area contributed by atoms with Crippen molar-refractivity contribution in [2.24, 2.45) is 0 Å². The highest BCUT2D eigenvalue weighted by Crippen LogP contribution is 2.35. The highest BCUT2D eigenvalue weighted by atomic mass is 16.7. The molecule has 1 aliphatic heterocycles. The van der Waals surface area contributed by atoms with Crippen LogP contribution in [0.2, 0.25) is 0 Å². The molecule has 5 atom stereocenters. The summed E-state index contributed by atoms with van der Waals surface area (Å²) in [6.45, 7) is -0.763. The lowest BCUT2D eigenvalue weighted by molar-refractivity contribution is -0.285. The normalized spacial score (nSPS) is 24.8. The average molecular weight is 476 g/mol. The molecule has 0 unspecified atom stereocenters. The summed E-state index contributed by atoms with van der Waals surface area (Å²) >= 11 is 0. The van der Waals surface area contributed by atoms with E-state index in [-0.39, 0.29) is 11.3 Å². The van der Waals surface area contributed by atoms with Crippen molar-refractivity contribution in [3.8, 4) is 28.4 Å². The van der Waals surface area contributed by atoms with Crippen LogP contribution in [0.3, 0.4) is 0 Å². The zero-order chi connectivity index (χ0) is 24.7. The number of carbonyl (C=O) groups is 1. The Morgan fingerprint density at radius 3 is 2.29 bits per heavy atom. The van der Waals surface area contributed by atoms with Crippen molar-refractivity contribution in [2.45, 2.75) is 30.7 Å². The van der Waals surface area contributed by atoms with E-state index in [4.69, 9.17) is 13.9 Å². The van der Waals surface area contributed by atoms with Crippen LogP contribution >= 0.6 is 0 Å². The Bertz CT molecular complexity index is 1280. The first-order valence-corrected chi connectivity index (χ1v) is 9.95. The van der Waals surface area contributed by atoms with E-state index in [0.717, 1.165) is 12.3 Å². The quantitative estimate of drug-likeness (QED) is 0.239. The Morgan fingerprint density at radius 2 is 1.65 bits per heavy atom. The van der Waals surface area contributed by atoms with Gasteiger partial charge in [0.05, 0.1) is 12.2 Å². The standard InChI is InChI=1S/C22H20O12/c23-6-13-17(28)18(29)19(30)22(33-13)34-21(31)15-12(26)5-11(25)14-16(27)10(7-32-20(14)15)8-1-3-9(24)4-2-8/h1-5,7,13,17-19,22-26,28-30H,6H2/t13-,17-,18+,19-,22+/m1/s1. The summed E-state index contributed by atoms with van der Waals surface area (Å²) in [6.07, 6.45) is -7.63. The van der Waals surface area contributed by atoms with Gasteiger partial charge < -0.3 is 49.6 Å². The second-order valence-electron chi connectivity index (χ2n) is 7.62. The van der Waals surface area contributed by atoms with E-state index in [0.29, 0.717) is 5.56 Å². The number of ether oxygens (including phenoxy) is 2. The number of aliphatic hydroxyl groups is 4. The third kappa shape index (κ3) is 3.93. The van der Waals surface area contributed by atoms with Gasteiger partial charge in [-0.3, -0.25) is 4.79 Å². The largest absolute Gasteiger partial charge is 0.508 e. The molecule has 0 amide bonds. The zero-order valence-corrected chi connectivity index (χ0v) is 17.2. The fourth-order valence-electron chi connectivity index (χ4n) is 3.64. The Kier molecular flexibility index (Phi) is 6.17. The first kappa shape index (κ1) is 23.5. The Balaban J connectivity index is 1.75. The number of esters is 1. The van der Waals surface area contributed by atoms with Crippen molar-refractivity contribution in [3.05, 3.63) is 52.4 Å². The van der Waals surface area contributed by atoms with Crippen LogP contribution in [0.15, 0.2) is 45.8 Å². The van der Waals surface area contributed by atoms with Gasteiger partial charge in [0.15, 0.2) is 5.58 Å². The van der Waals surface area contributed by atoms with Crippen molar-refractivity contribution in [3.63, 3.8) is 0 Å². The fraction of sp³-hybridized carbons (Fsp3) is 0.273. The molecule has 0 spiro atoms. The number of phenolic OH excluding ortho intramolecular Hbond substituents is 3. The molecule has 1 fully saturated rings. The lowest BCUT2D eigenvalue weighted by Crippen LogP contribution is -2.59. The second-order valence-corrected chi connectivity index (χ2v) is 7.62. The molecule has 34 heavy (non-hydrogen) atoms. The fourth-order valence-corrected chi connectivity index (χ4v) is 3.64. The molecule has 1 aliphatic rings. The SMILES string of the molecule is O=C(O[C@@H]1O[C@H](CO)[C@@H](O)[C@H](O)[C@H]1O)c1c(O)cc(O)c2c(=O)c(-c3ccc(O)cc3)coc12. The zero-order valence-electron chi connectivity index (χ0n) is 17.2. The lowest BCUT2D eigenvalue weighted by atomic mass is 9.99. The summed E-state index contributed by atoms with van der Waals surface area (Å²) in [5.74, 6) is -2.90. The molecule has 12 heteroatoms. The van der Waals surface area contributed by atoms with Crippen molar-refractivity contribution in [2.75, 3.05) is 6.61 Å². The molecule has 3 aromatic rings. The number of phenols is 3. The van der Waals surface area contributed by atoms with E-state index in [1.54, 1.807) is 0 Å². The molecule has 1 aromatic heterocycles. The van der Waals surface area contributed by atoms with Crippen LogP contribution in [-0.2, 0) is 9.47 Å². The molecule has 0 aliphatic carbocycles. The summed E-state index contributed by atoms with van der Waals surface area (Å²) in [5, 5.41) is 68.6. The van der Waals surface area contributed by atoms with Crippen molar-refractivity contribution < 1.29 is 54.4 Å². The number of aromatic hydroxyl groups is 3. The van der Waals surface area contributed by atoms with Crippen LogP contribution in [0.1, 0.15) is 10.4 Å². The maximum atomic E-state index is 13.1. The van der Waals surface area contributed by atoms with E-state index in [9.17, 15) is 45.3 Å². The van der Waals surface area contributed by atoms with Gasteiger partial charge >= 0.3 is 5.97 Å². The predicted molar refractivity (Wildman–Crippen MR) is 112 cm³/mol. The topological polar surface area (TPSA) is 207 Å². The van der Waals surface area contributed by atoms with Gasteiger partial charge in [-0.25, -0.2) is 4.79 Å². The maximum absolute atomic E-state index is 13.1. The Hall–Kier alpha value is -3.68. The van der Waals surface area contributed by atoms with E-state index in [2.05, 4.69) is 0 Å². The van der Waals surface area contributed by atoms with Crippen LogP contribution in [0.5, 0.6) is 17.2 Å². The molecule has 0 bridgehead atoms. The second kappa shape index (κ2) is 8.93. The number of benzene rings is 2. The van der Waals surface area contributed by atoms with E-state index in [1.165, 1.54) is 24.3 Å². The Labute approximate surface area is 190 Å². The summed E-state index contributed by atoms with van der Waals surface area (Å²) in [4.78, 5) is 25.9. The molecule has 0 radical (unpaired) electrons. The van der Waals surface area contributed by atoms with Crippen molar-refractivity contribution >= 4 is 16.9 Å². The molecular weight excluding hydrogens is 456 g/mol. The Morgan fingerprint density at radius 1 is 0.971 bits per heavy atom. The van der Waals surface area contributed by atoms with Gasteiger partial charge in [-0.1, -0.05) is 12.1 Å². The minimum atomic E-state index is -1.90. The molecule has 180 valence electrons. The molecule has 2 aromatic carbocycles. The van der Waals surface area contributed by atoms with Crippen LogP contribution in [0.25, 0.3) is 22.1 Å². The molecule has 12 nitrogen and oxygen atoms in total. The first-order valence-electron chi connectivity index (χ1n) is 9.95. The number of hydrogen-bond acceptors (Lipinski definition) is 12. The summed E-state index contributed by atoms with van der Waals surface area (Å²) in [5.41, 5.74) is -1.64. The molecule has 1 saturated heterocycles. The van der Waals surface area contributed by atoms with Crippen LogP contribution in [0.4, 0.5) is 0 Å². The smallest absolute Gasteiger partial charge is 0.348 e. The third-order valence-electron chi connectivity index (χ3n) is 5.46. The van der Waals surface area contributed by atoms with Gasteiger partial charge in [-0.05, 0) is 17.7 Å². The van der Waals surface area contributed by atoms with Gasteiger partial charge in [0, 0.05) is 6.07 Å². The molecule has 4 rings (SSSR count). The summed E-state index contributed by atoms with van der Waals surface area (Å²) in [7, 11) is 0. The number of fused-ring (bicyclic) bond motifs is 1. The predicted octanol–water partition coefficient (Wildman–Crippen LogP) is -0.467. The van der Waals surface area contributed by atoms with Crippen molar-refractivity contribution in [1.82, 2.24) is 0 Å².